The third-order valence-corrected chi connectivity index (χ3v) is 4.75. The molecule has 0 radical (unpaired) electrons. The lowest BCUT2D eigenvalue weighted by molar-refractivity contribution is -0.121. The van der Waals surface area contributed by atoms with Gasteiger partial charge < -0.3 is 0 Å². The molecular formula is C22H24O. The highest BCUT2D eigenvalue weighted by Gasteiger charge is 2.39. The van der Waals surface area contributed by atoms with E-state index in [0.29, 0.717) is 12.2 Å². The van der Waals surface area contributed by atoms with Gasteiger partial charge >= 0.3 is 0 Å². The van der Waals surface area contributed by atoms with Gasteiger partial charge in [0.05, 0.1) is 0 Å². The lowest BCUT2D eigenvalue weighted by Crippen LogP contribution is -2.33. The molecule has 2 aromatic carbocycles. The van der Waals surface area contributed by atoms with Crippen molar-refractivity contribution < 1.29 is 4.79 Å². The molecule has 0 aliphatic heterocycles. The second kappa shape index (κ2) is 6.16. The zero-order valence-corrected chi connectivity index (χ0v) is 14.1. The molecule has 1 unspecified atom stereocenters. The van der Waals surface area contributed by atoms with Crippen LogP contribution in [0.1, 0.15) is 44.2 Å². The van der Waals surface area contributed by atoms with Gasteiger partial charge in [0.1, 0.15) is 5.78 Å². The second-order valence-electron chi connectivity index (χ2n) is 7.48. The largest absolute Gasteiger partial charge is 0.299 e. The summed E-state index contributed by atoms with van der Waals surface area (Å²) in [5.74, 6) is 0.502. The van der Waals surface area contributed by atoms with Crippen molar-refractivity contribution in [1.29, 1.82) is 0 Å². The van der Waals surface area contributed by atoms with Gasteiger partial charge in [-0.05, 0) is 28.0 Å². The molecule has 1 aliphatic carbocycles. The van der Waals surface area contributed by atoms with E-state index in [2.05, 4.69) is 51.1 Å². The molecule has 23 heavy (non-hydrogen) atoms. The van der Waals surface area contributed by atoms with Crippen LogP contribution in [0.5, 0.6) is 0 Å². The van der Waals surface area contributed by atoms with Crippen LogP contribution in [-0.2, 0) is 4.79 Å². The minimum Gasteiger partial charge on any atom is -0.299 e. The van der Waals surface area contributed by atoms with Crippen molar-refractivity contribution in [2.24, 2.45) is 11.3 Å². The summed E-state index contributed by atoms with van der Waals surface area (Å²) in [5.41, 5.74) is 3.52. The van der Waals surface area contributed by atoms with Crippen LogP contribution in [-0.4, -0.2) is 5.78 Å². The highest BCUT2D eigenvalue weighted by molar-refractivity contribution is 5.97. The normalized spacial score (nSPS) is 21.9. The van der Waals surface area contributed by atoms with Gasteiger partial charge in [-0.25, -0.2) is 0 Å². The van der Waals surface area contributed by atoms with Crippen molar-refractivity contribution in [2.45, 2.75) is 33.1 Å². The monoisotopic (exact) mass is 304 g/mol. The van der Waals surface area contributed by atoms with E-state index >= 15 is 0 Å². The third kappa shape index (κ3) is 3.29. The molecule has 0 fully saturated rings. The first-order valence-electron chi connectivity index (χ1n) is 8.30. The van der Waals surface area contributed by atoms with Gasteiger partial charge in [0.15, 0.2) is 0 Å². The van der Waals surface area contributed by atoms with Crippen LogP contribution < -0.4 is 0 Å². The summed E-state index contributed by atoms with van der Waals surface area (Å²) >= 11 is 0. The molecule has 0 saturated carbocycles. The molecule has 0 bridgehead atoms. The third-order valence-electron chi connectivity index (χ3n) is 4.75. The minimum atomic E-state index is -0.0383. The molecule has 0 aromatic heterocycles. The van der Waals surface area contributed by atoms with E-state index in [4.69, 9.17) is 0 Å². The molecule has 3 rings (SSSR count). The van der Waals surface area contributed by atoms with Crippen molar-refractivity contribution in [3.05, 3.63) is 77.9 Å². The molecule has 1 aliphatic rings. The van der Waals surface area contributed by atoms with E-state index in [9.17, 15) is 4.79 Å². The predicted octanol–water partition coefficient (Wildman–Crippen LogP) is 5.49. The summed E-state index contributed by atoms with van der Waals surface area (Å²) in [6, 6.07) is 20.5. The Kier molecular flexibility index (Phi) is 4.21. The zero-order valence-electron chi connectivity index (χ0n) is 14.1. The molecule has 2 aromatic rings. The number of ketones is 1. The van der Waals surface area contributed by atoms with E-state index in [1.54, 1.807) is 0 Å². The fourth-order valence-corrected chi connectivity index (χ4v) is 3.52. The average molecular weight is 304 g/mol. The SMILES string of the molecule is CC(C)(C)C1C=C(c2ccccc2)CC(=O)[C@@H]1c1ccccc1. The van der Waals surface area contributed by atoms with Gasteiger partial charge in [0.2, 0.25) is 0 Å². The number of Topliss-reactive ketones (excluding diaryl/α,β-unsaturated/α-hetero) is 1. The number of carbonyl (C=O) groups is 1. The van der Waals surface area contributed by atoms with Crippen LogP contribution in [0, 0.1) is 11.3 Å². The summed E-state index contributed by atoms with van der Waals surface area (Å²) < 4.78 is 0. The maximum Gasteiger partial charge on any atom is 0.145 e. The Balaban J connectivity index is 2.06. The van der Waals surface area contributed by atoms with Gasteiger partial charge in [-0.1, -0.05) is 87.5 Å². The Labute approximate surface area is 139 Å². The Hall–Kier alpha value is -2.15. The van der Waals surface area contributed by atoms with E-state index in [0.717, 1.165) is 5.56 Å². The number of hydrogen-bond acceptors (Lipinski definition) is 1. The standard InChI is InChI=1S/C22H24O/c1-22(2,3)19-14-18(16-10-6-4-7-11-16)15-20(23)21(19)17-12-8-5-9-13-17/h4-14,19,21H,15H2,1-3H3/t19?,21-/m1/s1. The van der Waals surface area contributed by atoms with Crippen molar-refractivity contribution in [3.63, 3.8) is 0 Å². The Morgan fingerprint density at radius 3 is 2.00 bits per heavy atom. The molecule has 0 amide bonds. The number of carbonyl (C=O) groups excluding carboxylic acids is 1. The number of hydrogen-bond donors (Lipinski definition) is 0. The Morgan fingerprint density at radius 1 is 0.870 bits per heavy atom. The number of allylic oxidation sites excluding steroid dienone is 2. The van der Waals surface area contributed by atoms with Crippen LogP contribution in [0.3, 0.4) is 0 Å². The molecule has 0 saturated heterocycles. The van der Waals surface area contributed by atoms with Crippen molar-refractivity contribution >= 4 is 11.4 Å². The van der Waals surface area contributed by atoms with Crippen LogP contribution >= 0.6 is 0 Å². The zero-order chi connectivity index (χ0) is 16.4. The Morgan fingerprint density at radius 2 is 1.43 bits per heavy atom. The highest BCUT2D eigenvalue weighted by Crippen LogP contribution is 2.45. The first-order valence-corrected chi connectivity index (χ1v) is 8.30. The number of rotatable bonds is 2. The fraction of sp³-hybridized carbons (Fsp3) is 0.318. The fourth-order valence-electron chi connectivity index (χ4n) is 3.52. The predicted molar refractivity (Wildman–Crippen MR) is 96.2 cm³/mol. The average Bonchev–Trinajstić information content (AvgIpc) is 2.55. The smallest absolute Gasteiger partial charge is 0.145 e. The van der Waals surface area contributed by atoms with Crippen LogP contribution in [0.2, 0.25) is 0 Å². The molecule has 1 nitrogen and oxygen atoms in total. The van der Waals surface area contributed by atoms with Crippen LogP contribution in [0.25, 0.3) is 5.57 Å². The number of benzene rings is 2. The van der Waals surface area contributed by atoms with Gasteiger partial charge in [-0.15, -0.1) is 0 Å². The van der Waals surface area contributed by atoms with E-state index in [-0.39, 0.29) is 17.3 Å². The van der Waals surface area contributed by atoms with Crippen molar-refractivity contribution in [2.75, 3.05) is 0 Å². The van der Waals surface area contributed by atoms with Gasteiger partial charge in [0.25, 0.3) is 0 Å². The molecule has 118 valence electrons. The van der Waals surface area contributed by atoms with Crippen LogP contribution in [0.4, 0.5) is 0 Å². The van der Waals surface area contributed by atoms with E-state index in [1.807, 2.05) is 36.4 Å². The lowest BCUT2D eigenvalue weighted by Gasteiger charge is -2.38. The van der Waals surface area contributed by atoms with Gasteiger partial charge in [-0.3, -0.25) is 4.79 Å². The summed E-state index contributed by atoms with van der Waals surface area (Å²) in [6.45, 7) is 6.68. The summed E-state index contributed by atoms with van der Waals surface area (Å²) in [5, 5.41) is 0. The first-order chi connectivity index (χ1) is 11.0. The molecular weight excluding hydrogens is 280 g/mol. The van der Waals surface area contributed by atoms with E-state index in [1.165, 1.54) is 11.1 Å². The summed E-state index contributed by atoms with van der Waals surface area (Å²) in [7, 11) is 0. The highest BCUT2D eigenvalue weighted by atomic mass is 16.1. The molecule has 0 heterocycles. The van der Waals surface area contributed by atoms with Crippen molar-refractivity contribution in [1.82, 2.24) is 0 Å². The van der Waals surface area contributed by atoms with E-state index < -0.39 is 0 Å². The van der Waals surface area contributed by atoms with Crippen LogP contribution in [0.15, 0.2) is 66.7 Å². The molecule has 0 N–H and O–H groups in total. The second-order valence-corrected chi connectivity index (χ2v) is 7.48. The Bertz CT molecular complexity index is 705. The first kappa shape index (κ1) is 15.7. The summed E-state index contributed by atoms with van der Waals surface area (Å²) in [6.07, 6.45) is 2.87. The van der Waals surface area contributed by atoms with Gasteiger partial charge in [0, 0.05) is 12.3 Å². The van der Waals surface area contributed by atoms with Gasteiger partial charge in [-0.2, -0.15) is 0 Å². The van der Waals surface area contributed by atoms with Crippen molar-refractivity contribution in [3.8, 4) is 0 Å². The molecule has 2 atom stereocenters. The molecule has 1 heteroatoms. The summed E-state index contributed by atoms with van der Waals surface area (Å²) in [4.78, 5) is 13.0. The minimum absolute atomic E-state index is 0.0383. The lowest BCUT2D eigenvalue weighted by atomic mass is 9.65. The maximum absolute atomic E-state index is 13.0. The quantitative estimate of drug-likeness (QED) is 0.717. The maximum atomic E-state index is 13.0. The topological polar surface area (TPSA) is 17.1 Å². The molecule has 0 spiro atoms.